The predicted octanol–water partition coefficient (Wildman–Crippen LogP) is 1.00. The third kappa shape index (κ3) is 3.60. The van der Waals surface area contributed by atoms with Crippen molar-refractivity contribution >= 4 is 5.97 Å². The lowest BCUT2D eigenvalue weighted by Crippen LogP contribution is -2.36. The summed E-state index contributed by atoms with van der Waals surface area (Å²) in [4.78, 5) is 47.0. The average molecular weight is 475 g/mol. The van der Waals surface area contributed by atoms with Crippen LogP contribution in [-0.4, -0.2) is 41.9 Å². The fourth-order valence-corrected chi connectivity index (χ4v) is 4.23. The largest absolute Gasteiger partial charge is 0.462 e. The van der Waals surface area contributed by atoms with Gasteiger partial charge in [0.25, 0.3) is 5.56 Å². The molecule has 1 atom stereocenters. The number of benzene rings is 1. The molecular weight excluding hydrogens is 454 g/mol. The van der Waals surface area contributed by atoms with Crippen LogP contribution in [0.2, 0.25) is 0 Å². The summed E-state index contributed by atoms with van der Waals surface area (Å²) in [5.41, 5.74) is 6.32. The highest BCUT2D eigenvalue weighted by molar-refractivity contribution is 5.93. The zero-order valence-corrected chi connectivity index (χ0v) is 18.8. The van der Waals surface area contributed by atoms with Crippen LogP contribution in [0.4, 0.5) is 0 Å². The van der Waals surface area contributed by atoms with Gasteiger partial charge in [0.05, 0.1) is 29.5 Å². The molecule has 0 bridgehead atoms. The Morgan fingerprint density at radius 1 is 1.20 bits per heavy atom. The first kappa shape index (κ1) is 21.9. The fourth-order valence-electron chi connectivity index (χ4n) is 4.23. The highest BCUT2D eigenvalue weighted by Gasteiger charge is 2.42. The summed E-state index contributed by atoms with van der Waals surface area (Å²) in [6, 6.07) is 9.35. The first-order valence-electron chi connectivity index (χ1n) is 10.7. The molecule has 178 valence electrons. The second-order valence-corrected chi connectivity index (χ2v) is 7.72. The maximum absolute atomic E-state index is 13.1. The molecule has 3 aromatic heterocycles. The molecule has 1 aliphatic heterocycles. The van der Waals surface area contributed by atoms with Gasteiger partial charge in [0.15, 0.2) is 0 Å². The number of H-pyrrole nitrogens is 2. The lowest BCUT2D eigenvalue weighted by molar-refractivity contribution is -0.139. The van der Waals surface area contributed by atoms with Crippen LogP contribution >= 0.6 is 0 Å². The van der Waals surface area contributed by atoms with Gasteiger partial charge >= 0.3 is 11.7 Å². The van der Waals surface area contributed by atoms with E-state index in [0.717, 1.165) is 5.69 Å². The van der Waals surface area contributed by atoms with Gasteiger partial charge in [-0.3, -0.25) is 19.3 Å². The number of ether oxygens (including phenoxy) is 2. The Hall–Kier alpha value is -4.87. The van der Waals surface area contributed by atoms with Crippen molar-refractivity contribution < 1.29 is 14.3 Å². The molecule has 0 spiro atoms. The minimum Gasteiger partial charge on any atom is -0.462 e. The molecule has 0 amide bonds. The first-order chi connectivity index (χ1) is 16.9. The molecule has 0 radical (unpaired) electrons. The summed E-state index contributed by atoms with van der Waals surface area (Å²) >= 11 is 0. The topological polar surface area (TPSA) is 163 Å². The number of fused-ring (bicyclic) bond motifs is 1. The van der Waals surface area contributed by atoms with Crippen molar-refractivity contribution in [3.8, 4) is 17.4 Å². The van der Waals surface area contributed by atoms with Crippen molar-refractivity contribution in [3.05, 3.63) is 98.2 Å². The Balaban J connectivity index is 1.88. The number of nitrogens with zero attached hydrogens (tertiary/aromatic N) is 4. The van der Waals surface area contributed by atoms with Crippen LogP contribution in [0.25, 0.3) is 11.5 Å². The van der Waals surface area contributed by atoms with Crippen LogP contribution in [0.3, 0.4) is 0 Å². The van der Waals surface area contributed by atoms with Crippen LogP contribution in [0.15, 0.2) is 70.1 Å². The molecule has 1 unspecified atom stereocenters. The van der Waals surface area contributed by atoms with E-state index < -0.39 is 23.1 Å². The van der Waals surface area contributed by atoms with E-state index in [1.165, 1.54) is 0 Å². The van der Waals surface area contributed by atoms with E-state index in [4.69, 9.17) is 20.3 Å². The monoisotopic (exact) mass is 475 g/mol. The van der Waals surface area contributed by atoms with E-state index in [1.807, 2.05) is 30.3 Å². The van der Waals surface area contributed by atoms with Gasteiger partial charge in [0, 0.05) is 18.0 Å². The Bertz CT molecular complexity index is 1560. The summed E-state index contributed by atoms with van der Waals surface area (Å²) < 4.78 is 14.2. The number of aromatic amines is 2. The molecule has 1 aromatic carbocycles. The number of carbonyl (C=O) groups excluding carboxylic acids is 1. The van der Waals surface area contributed by atoms with Gasteiger partial charge in [-0.1, -0.05) is 18.2 Å². The standard InChI is InChI=1S/C23H21N7O5/c1-3-34-22(32)16-15(17-19(31)26-23(33)27-20(17)35-18(16)24)14-12(2)28-30(13-7-5-4-6-8-13)21(14)29-10-9-25-11-29/h4-11,15H,3,24H2,1-2H3,(H2,26,27,31,33). The number of hydrogen-bond acceptors (Lipinski definition) is 8. The number of rotatable bonds is 5. The molecule has 12 heteroatoms. The number of aryl methyl sites for hydroxylation is 1. The van der Waals surface area contributed by atoms with Gasteiger partial charge < -0.3 is 15.2 Å². The quantitative estimate of drug-likeness (QED) is 0.360. The van der Waals surface area contributed by atoms with Crippen LogP contribution < -0.4 is 21.7 Å². The summed E-state index contributed by atoms with van der Waals surface area (Å²) in [5, 5.41) is 4.72. The highest BCUT2D eigenvalue weighted by atomic mass is 16.5. The summed E-state index contributed by atoms with van der Waals surface area (Å²) in [7, 11) is 0. The second kappa shape index (κ2) is 8.48. The highest BCUT2D eigenvalue weighted by Crippen LogP contribution is 2.43. The lowest BCUT2D eigenvalue weighted by Gasteiger charge is -2.27. The van der Waals surface area contributed by atoms with Gasteiger partial charge in [-0.25, -0.2) is 19.3 Å². The molecule has 0 aliphatic carbocycles. The zero-order chi connectivity index (χ0) is 24.7. The van der Waals surface area contributed by atoms with Gasteiger partial charge in [-0.2, -0.15) is 5.10 Å². The number of hydrogen-bond donors (Lipinski definition) is 3. The van der Waals surface area contributed by atoms with Crippen molar-refractivity contribution in [1.29, 1.82) is 0 Å². The van der Waals surface area contributed by atoms with E-state index in [1.54, 1.807) is 41.8 Å². The number of esters is 1. The summed E-state index contributed by atoms with van der Waals surface area (Å²) in [6.45, 7) is 3.48. The van der Waals surface area contributed by atoms with Crippen LogP contribution in [0.5, 0.6) is 5.88 Å². The number of imidazole rings is 1. The molecule has 0 saturated carbocycles. The molecule has 4 aromatic rings. The van der Waals surface area contributed by atoms with Gasteiger partial charge in [0.1, 0.15) is 17.7 Å². The van der Waals surface area contributed by atoms with E-state index in [0.29, 0.717) is 17.1 Å². The average Bonchev–Trinajstić information content (AvgIpc) is 3.46. The van der Waals surface area contributed by atoms with E-state index in [2.05, 4.69) is 15.0 Å². The summed E-state index contributed by atoms with van der Waals surface area (Å²) in [6.07, 6.45) is 4.89. The van der Waals surface area contributed by atoms with Crippen molar-refractivity contribution in [3.63, 3.8) is 0 Å². The molecule has 0 saturated heterocycles. The van der Waals surface area contributed by atoms with Crippen molar-refractivity contribution in [2.45, 2.75) is 19.8 Å². The minimum absolute atomic E-state index is 0.000991. The third-order valence-corrected chi connectivity index (χ3v) is 5.61. The Labute approximate surface area is 197 Å². The van der Waals surface area contributed by atoms with E-state index in [-0.39, 0.29) is 29.5 Å². The number of aromatic nitrogens is 6. The Kier molecular flexibility index (Phi) is 5.32. The molecule has 12 nitrogen and oxygen atoms in total. The molecular formula is C23H21N7O5. The summed E-state index contributed by atoms with van der Waals surface area (Å²) in [5.74, 6) is -1.74. The zero-order valence-electron chi connectivity index (χ0n) is 18.8. The minimum atomic E-state index is -1.06. The van der Waals surface area contributed by atoms with Crippen molar-refractivity contribution in [2.75, 3.05) is 6.61 Å². The van der Waals surface area contributed by atoms with Crippen LogP contribution in [0, 0.1) is 6.92 Å². The third-order valence-electron chi connectivity index (χ3n) is 5.61. The maximum Gasteiger partial charge on any atom is 0.340 e. The number of nitrogens with one attached hydrogen (secondary N) is 2. The number of para-hydroxylation sites is 1. The van der Waals surface area contributed by atoms with Gasteiger partial charge in [-0.15, -0.1) is 0 Å². The predicted molar refractivity (Wildman–Crippen MR) is 123 cm³/mol. The van der Waals surface area contributed by atoms with Crippen molar-refractivity contribution in [2.24, 2.45) is 5.73 Å². The molecule has 4 heterocycles. The fraction of sp³-hybridized carbons (Fsp3) is 0.174. The molecule has 35 heavy (non-hydrogen) atoms. The number of nitrogens with two attached hydrogens (primary N) is 1. The van der Waals surface area contributed by atoms with Gasteiger partial charge in [0.2, 0.25) is 11.8 Å². The number of carbonyl (C=O) groups is 1. The SMILES string of the molecule is CCOC(=O)C1=C(N)Oc2[nH]c(=O)[nH]c(=O)c2C1c1c(C)nn(-c2ccccc2)c1-n1ccnc1. The normalized spacial score (nSPS) is 15.0. The van der Waals surface area contributed by atoms with Crippen LogP contribution in [0.1, 0.15) is 29.7 Å². The van der Waals surface area contributed by atoms with Crippen LogP contribution in [-0.2, 0) is 9.53 Å². The maximum atomic E-state index is 13.1. The smallest absolute Gasteiger partial charge is 0.340 e. The molecule has 5 rings (SSSR count). The Morgan fingerprint density at radius 2 is 1.97 bits per heavy atom. The second-order valence-electron chi connectivity index (χ2n) is 7.72. The molecule has 1 aliphatic rings. The lowest BCUT2D eigenvalue weighted by atomic mass is 9.84. The molecule has 0 fully saturated rings. The first-order valence-corrected chi connectivity index (χ1v) is 10.7. The Morgan fingerprint density at radius 3 is 2.66 bits per heavy atom. The van der Waals surface area contributed by atoms with E-state index in [9.17, 15) is 14.4 Å². The van der Waals surface area contributed by atoms with E-state index >= 15 is 0 Å². The van der Waals surface area contributed by atoms with Crippen molar-refractivity contribution in [1.82, 2.24) is 29.3 Å². The molecule has 4 N–H and O–H groups in total. The van der Waals surface area contributed by atoms with Gasteiger partial charge in [-0.05, 0) is 26.0 Å².